The summed E-state index contributed by atoms with van der Waals surface area (Å²) in [6, 6.07) is 9.76. The Balaban J connectivity index is 1.68. The van der Waals surface area contributed by atoms with E-state index in [2.05, 4.69) is 9.74 Å². The van der Waals surface area contributed by atoms with E-state index >= 15 is 0 Å². The van der Waals surface area contributed by atoms with Gasteiger partial charge >= 0.3 is 12.1 Å². The highest BCUT2D eigenvalue weighted by Crippen LogP contribution is 2.40. The van der Waals surface area contributed by atoms with Crippen molar-refractivity contribution < 1.29 is 37.5 Å². The molecule has 0 bridgehead atoms. The lowest BCUT2D eigenvalue weighted by atomic mass is 9.69. The molecule has 11 heteroatoms. The number of nitrogens with one attached hydrogen (secondary N) is 1. The summed E-state index contributed by atoms with van der Waals surface area (Å²) in [7, 11) is 0. The molecule has 1 aromatic carbocycles. The maximum absolute atomic E-state index is 13.4. The van der Waals surface area contributed by atoms with Crippen LogP contribution < -0.4 is 10.4 Å². The van der Waals surface area contributed by atoms with Gasteiger partial charge in [0, 0.05) is 31.9 Å². The number of unbranched alkanes of at least 4 members (excludes halogenated alkanes) is 1. The monoisotopic (exact) mass is 499 g/mol. The van der Waals surface area contributed by atoms with E-state index in [9.17, 15) is 32.7 Å². The Morgan fingerprint density at radius 2 is 1.77 bits per heavy atom. The standard InChI is InChI=1S/C24H32F3N3O5/c1-2-3-10-23(34)11-9-18(19(16-23)20(31)28-35-22(33)24(25,26)27)21(32)30-14-12-29(13-15-30)17-7-5-4-6-8-17/h4-8,18-19,34H,2-3,9-16H2,1H3,(H,28,31)/t18-,19-,23+/m0/s1. The van der Waals surface area contributed by atoms with Crippen LogP contribution in [-0.2, 0) is 19.2 Å². The minimum atomic E-state index is -5.27. The maximum atomic E-state index is 13.4. The fraction of sp³-hybridized carbons (Fsp3) is 0.625. The molecule has 1 saturated heterocycles. The molecule has 0 aromatic heterocycles. The summed E-state index contributed by atoms with van der Waals surface area (Å²) in [4.78, 5) is 44.9. The molecular formula is C24H32F3N3O5. The van der Waals surface area contributed by atoms with E-state index < -0.39 is 35.5 Å². The Morgan fingerprint density at radius 3 is 2.37 bits per heavy atom. The molecular weight excluding hydrogens is 467 g/mol. The smallest absolute Gasteiger partial charge is 0.390 e. The second kappa shape index (κ2) is 11.3. The molecule has 2 fully saturated rings. The van der Waals surface area contributed by atoms with E-state index in [1.807, 2.05) is 37.3 Å². The second-order valence-corrected chi connectivity index (χ2v) is 9.29. The number of anilines is 1. The van der Waals surface area contributed by atoms with Gasteiger partial charge in [0.2, 0.25) is 5.91 Å². The lowest BCUT2D eigenvalue weighted by Crippen LogP contribution is -2.55. The lowest BCUT2D eigenvalue weighted by Gasteiger charge is -2.43. The van der Waals surface area contributed by atoms with E-state index in [0.717, 1.165) is 12.1 Å². The van der Waals surface area contributed by atoms with Crippen LogP contribution in [0.15, 0.2) is 30.3 Å². The number of piperazine rings is 1. The zero-order valence-corrected chi connectivity index (χ0v) is 19.7. The molecule has 1 heterocycles. The van der Waals surface area contributed by atoms with E-state index in [1.165, 1.54) is 0 Å². The number of hydroxylamine groups is 1. The van der Waals surface area contributed by atoms with E-state index in [1.54, 1.807) is 10.4 Å². The van der Waals surface area contributed by atoms with Crippen molar-refractivity contribution in [1.82, 2.24) is 10.4 Å². The fourth-order valence-electron chi connectivity index (χ4n) is 4.87. The third-order valence-electron chi connectivity index (χ3n) is 6.84. The third kappa shape index (κ3) is 6.87. The summed E-state index contributed by atoms with van der Waals surface area (Å²) in [6.45, 7) is 4.02. The van der Waals surface area contributed by atoms with Crippen molar-refractivity contribution in [2.24, 2.45) is 11.8 Å². The van der Waals surface area contributed by atoms with Gasteiger partial charge in [-0.1, -0.05) is 38.0 Å². The minimum Gasteiger partial charge on any atom is -0.390 e. The number of benzene rings is 1. The molecule has 194 valence electrons. The first-order valence-corrected chi connectivity index (χ1v) is 11.9. The van der Waals surface area contributed by atoms with Gasteiger partial charge in [-0.3, -0.25) is 9.59 Å². The Morgan fingerprint density at radius 1 is 1.11 bits per heavy atom. The predicted molar refractivity (Wildman–Crippen MR) is 121 cm³/mol. The summed E-state index contributed by atoms with van der Waals surface area (Å²) in [5.41, 5.74) is 1.40. The van der Waals surface area contributed by atoms with E-state index in [0.29, 0.717) is 45.4 Å². The van der Waals surface area contributed by atoms with Crippen molar-refractivity contribution in [2.75, 3.05) is 31.1 Å². The number of alkyl halides is 3. The molecule has 35 heavy (non-hydrogen) atoms. The average Bonchev–Trinajstić information content (AvgIpc) is 2.85. The number of para-hydroxylation sites is 1. The quantitative estimate of drug-likeness (QED) is 0.584. The van der Waals surface area contributed by atoms with Crippen molar-refractivity contribution in [1.29, 1.82) is 0 Å². The van der Waals surface area contributed by atoms with Crippen LogP contribution in [-0.4, -0.2) is 65.7 Å². The number of carbonyl (C=O) groups excluding carboxylic acids is 3. The predicted octanol–water partition coefficient (Wildman–Crippen LogP) is 2.81. The number of rotatable bonds is 6. The first-order chi connectivity index (χ1) is 16.5. The van der Waals surface area contributed by atoms with Crippen LogP contribution in [0.4, 0.5) is 18.9 Å². The van der Waals surface area contributed by atoms with Crippen LogP contribution in [0.25, 0.3) is 0 Å². The molecule has 0 radical (unpaired) electrons. The Hall–Kier alpha value is -2.82. The van der Waals surface area contributed by atoms with Gasteiger partial charge in [-0.05, 0) is 37.8 Å². The fourth-order valence-corrected chi connectivity index (χ4v) is 4.87. The van der Waals surface area contributed by atoms with Gasteiger partial charge in [-0.2, -0.15) is 18.7 Å². The minimum absolute atomic E-state index is 0.0945. The van der Waals surface area contributed by atoms with Crippen molar-refractivity contribution in [3.8, 4) is 0 Å². The summed E-state index contributed by atoms with van der Waals surface area (Å²) >= 11 is 0. The molecule has 1 aliphatic carbocycles. The van der Waals surface area contributed by atoms with Crippen LogP contribution in [0.2, 0.25) is 0 Å². The molecule has 1 aromatic rings. The van der Waals surface area contributed by atoms with Crippen LogP contribution in [0.5, 0.6) is 0 Å². The summed E-state index contributed by atoms with van der Waals surface area (Å²) < 4.78 is 37.4. The highest BCUT2D eigenvalue weighted by atomic mass is 19.4. The largest absolute Gasteiger partial charge is 0.493 e. The first-order valence-electron chi connectivity index (χ1n) is 11.9. The van der Waals surface area contributed by atoms with Crippen molar-refractivity contribution in [3.05, 3.63) is 30.3 Å². The first kappa shape index (κ1) is 26.8. The zero-order chi connectivity index (χ0) is 25.6. The molecule has 2 N–H and O–H groups in total. The number of carbonyl (C=O) groups is 3. The van der Waals surface area contributed by atoms with Gasteiger partial charge in [-0.25, -0.2) is 4.79 Å². The highest BCUT2D eigenvalue weighted by molar-refractivity contribution is 5.88. The molecule has 0 unspecified atom stereocenters. The Bertz CT molecular complexity index is 890. The Kier molecular flexibility index (Phi) is 8.63. The number of aliphatic hydroxyl groups is 1. The molecule has 2 aliphatic rings. The molecule has 0 spiro atoms. The molecule has 2 amide bonds. The van der Waals surface area contributed by atoms with Crippen LogP contribution in [0.3, 0.4) is 0 Å². The number of amides is 2. The number of halogens is 3. The van der Waals surface area contributed by atoms with Gasteiger partial charge in [0.15, 0.2) is 0 Å². The average molecular weight is 500 g/mol. The molecule has 1 aliphatic heterocycles. The molecule has 1 saturated carbocycles. The van der Waals surface area contributed by atoms with E-state index in [-0.39, 0.29) is 18.7 Å². The summed E-state index contributed by atoms with van der Waals surface area (Å²) in [5.74, 6) is -5.80. The summed E-state index contributed by atoms with van der Waals surface area (Å²) in [6.07, 6.45) is -2.92. The number of hydrogen-bond donors (Lipinski definition) is 2. The van der Waals surface area contributed by atoms with E-state index in [4.69, 9.17) is 0 Å². The van der Waals surface area contributed by atoms with Crippen LogP contribution >= 0.6 is 0 Å². The Labute approximate surface area is 202 Å². The lowest BCUT2D eigenvalue weighted by molar-refractivity contribution is -0.208. The zero-order valence-electron chi connectivity index (χ0n) is 19.7. The van der Waals surface area contributed by atoms with Gasteiger partial charge in [0.25, 0.3) is 5.91 Å². The van der Waals surface area contributed by atoms with Gasteiger partial charge in [0.1, 0.15) is 0 Å². The molecule has 3 rings (SSSR count). The normalized spacial score (nSPS) is 25.2. The van der Waals surface area contributed by atoms with Crippen LogP contribution in [0.1, 0.15) is 45.4 Å². The van der Waals surface area contributed by atoms with Crippen molar-refractivity contribution in [3.63, 3.8) is 0 Å². The van der Waals surface area contributed by atoms with Crippen LogP contribution in [0, 0.1) is 11.8 Å². The molecule has 8 nitrogen and oxygen atoms in total. The van der Waals surface area contributed by atoms with Crippen molar-refractivity contribution in [2.45, 2.75) is 57.2 Å². The maximum Gasteiger partial charge on any atom is 0.493 e. The number of hydrogen-bond acceptors (Lipinski definition) is 6. The van der Waals surface area contributed by atoms with Gasteiger partial charge in [0.05, 0.1) is 17.4 Å². The highest BCUT2D eigenvalue weighted by Gasteiger charge is 2.48. The SMILES string of the molecule is CCCC[C@@]1(O)CC[C@H](C(=O)N2CCN(c3ccccc3)CC2)[C@@H](C(=O)NOC(=O)C(F)(F)F)C1. The summed E-state index contributed by atoms with van der Waals surface area (Å²) in [5, 5.41) is 11.0. The van der Waals surface area contributed by atoms with Gasteiger partial charge < -0.3 is 19.7 Å². The van der Waals surface area contributed by atoms with Gasteiger partial charge in [-0.15, -0.1) is 0 Å². The number of nitrogens with zero attached hydrogens (tertiary/aromatic N) is 2. The molecule has 3 atom stereocenters. The second-order valence-electron chi connectivity index (χ2n) is 9.29. The topological polar surface area (TPSA) is 99.2 Å². The van der Waals surface area contributed by atoms with Crippen molar-refractivity contribution >= 4 is 23.5 Å². The third-order valence-corrected chi connectivity index (χ3v) is 6.84.